The van der Waals surface area contributed by atoms with Gasteiger partial charge in [-0.3, -0.25) is 0 Å². The zero-order valence-corrected chi connectivity index (χ0v) is 8.70. The Morgan fingerprint density at radius 2 is 1.67 bits per heavy atom. The molecule has 3 rings (SSSR count). The van der Waals surface area contributed by atoms with Crippen LogP contribution in [0.2, 0.25) is 0 Å². The molecule has 0 bridgehead atoms. The van der Waals surface area contributed by atoms with E-state index in [1.807, 2.05) is 6.07 Å². The average Bonchev–Trinajstić information content (AvgIpc) is 2.54. The van der Waals surface area contributed by atoms with Crippen molar-refractivity contribution < 1.29 is 0 Å². The first-order valence-electron chi connectivity index (χ1n) is 5.26. The first-order valence-corrected chi connectivity index (χ1v) is 5.26. The Kier molecular flexibility index (Phi) is 1.63. The molecular weight excluding hydrogens is 182 g/mol. The van der Waals surface area contributed by atoms with Crippen LogP contribution in [0.15, 0.2) is 42.5 Å². The lowest BCUT2D eigenvalue weighted by molar-refractivity contribution is 0.957. The lowest BCUT2D eigenvalue weighted by Crippen LogP contribution is -1.91. The Balaban J connectivity index is 2.32. The highest BCUT2D eigenvalue weighted by atomic mass is 14.5. The predicted molar refractivity (Wildman–Crippen MR) is 63.8 cm³/mol. The van der Waals surface area contributed by atoms with Crippen molar-refractivity contribution in [3.63, 3.8) is 0 Å². The number of anilines is 1. The van der Waals surface area contributed by atoms with Gasteiger partial charge in [-0.15, -0.1) is 0 Å². The second-order valence-electron chi connectivity index (χ2n) is 4.16. The van der Waals surface area contributed by atoms with Gasteiger partial charge in [-0.2, -0.15) is 0 Å². The van der Waals surface area contributed by atoms with E-state index in [9.17, 15) is 0 Å². The second-order valence-corrected chi connectivity index (χ2v) is 4.16. The van der Waals surface area contributed by atoms with Gasteiger partial charge in [0.05, 0.1) is 0 Å². The highest BCUT2D eigenvalue weighted by molar-refractivity contribution is 5.80. The summed E-state index contributed by atoms with van der Waals surface area (Å²) < 4.78 is 0. The summed E-state index contributed by atoms with van der Waals surface area (Å²) in [6, 6.07) is 14.8. The van der Waals surface area contributed by atoms with Gasteiger partial charge in [-0.25, -0.2) is 0 Å². The molecule has 0 amide bonds. The Hall–Kier alpha value is -1.76. The monoisotopic (exact) mass is 195 g/mol. The van der Waals surface area contributed by atoms with Gasteiger partial charge in [0.15, 0.2) is 0 Å². The highest BCUT2D eigenvalue weighted by Gasteiger charge is 2.24. The van der Waals surface area contributed by atoms with Crippen molar-refractivity contribution in [2.24, 2.45) is 0 Å². The van der Waals surface area contributed by atoms with E-state index in [4.69, 9.17) is 5.73 Å². The summed E-state index contributed by atoms with van der Waals surface area (Å²) in [5, 5.41) is 0. The van der Waals surface area contributed by atoms with Crippen molar-refractivity contribution in [3.05, 3.63) is 53.6 Å². The van der Waals surface area contributed by atoms with E-state index < -0.39 is 0 Å². The minimum atomic E-state index is 0.472. The Morgan fingerprint density at radius 1 is 0.933 bits per heavy atom. The first kappa shape index (κ1) is 8.54. The fourth-order valence-corrected chi connectivity index (χ4v) is 2.47. The largest absolute Gasteiger partial charge is 0.399 e. The number of hydrogen-bond acceptors (Lipinski definition) is 1. The smallest absolute Gasteiger partial charge is 0.0317 e. The van der Waals surface area contributed by atoms with Gasteiger partial charge in [0.1, 0.15) is 0 Å². The molecular formula is C14H13N. The molecule has 74 valence electrons. The number of rotatable bonds is 0. The molecule has 15 heavy (non-hydrogen) atoms. The molecule has 0 spiro atoms. The first-order chi connectivity index (χ1) is 7.27. The molecule has 0 aliphatic heterocycles. The Labute approximate surface area is 89.6 Å². The van der Waals surface area contributed by atoms with Crippen molar-refractivity contribution in [1.82, 2.24) is 0 Å². The van der Waals surface area contributed by atoms with E-state index in [0.717, 1.165) is 5.69 Å². The van der Waals surface area contributed by atoms with E-state index in [0.29, 0.717) is 5.92 Å². The van der Waals surface area contributed by atoms with Gasteiger partial charge < -0.3 is 5.73 Å². The quantitative estimate of drug-likeness (QED) is 0.640. The molecule has 0 saturated carbocycles. The number of nitrogens with two attached hydrogens (primary N) is 1. The summed E-state index contributed by atoms with van der Waals surface area (Å²) in [7, 11) is 0. The van der Waals surface area contributed by atoms with Crippen molar-refractivity contribution in [2.75, 3.05) is 5.73 Å². The van der Waals surface area contributed by atoms with E-state index in [1.54, 1.807) is 0 Å². The molecule has 0 radical (unpaired) electrons. The van der Waals surface area contributed by atoms with E-state index in [-0.39, 0.29) is 0 Å². The minimum absolute atomic E-state index is 0.472. The standard InChI is InChI=1S/C14H13N/c1-9-11-4-2-3-5-12(11)13-7-6-10(15)8-14(9)13/h2-9H,15H2,1H3. The van der Waals surface area contributed by atoms with Crippen molar-refractivity contribution in [2.45, 2.75) is 12.8 Å². The molecule has 0 fully saturated rings. The second kappa shape index (κ2) is 2.86. The fourth-order valence-electron chi connectivity index (χ4n) is 2.47. The van der Waals surface area contributed by atoms with Crippen molar-refractivity contribution in [3.8, 4) is 11.1 Å². The molecule has 1 atom stereocenters. The number of benzene rings is 2. The summed E-state index contributed by atoms with van der Waals surface area (Å²) in [6.45, 7) is 2.24. The third kappa shape index (κ3) is 1.09. The lowest BCUT2D eigenvalue weighted by atomic mass is 9.99. The normalized spacial score (nSPS) is 17.3. The summed E-state index contributed by atoms with van der Waals surface area (Å²) in [4.78, 5) is 0. The van der Waals surface area contributed by atoms with Gasteiger partial charge in [0.25, 0.3) is 0 Å². The van der Waals surface area contributed by atoms with E-state index >= 15 is 0 Å². The molecule has 1 nitrogen and oxygen atoms in total. The van der Waals surface area contributed by atoms with Crippen LogP contribution in [0.4, 0.5) is 5.69 Å². The molecule has 1 unspecified atom stereocenters. The maximum atomic E-state index is 5.83. The van der Waals surface area contributed by atoms with Gasteiger partial charge in [0.2, 0.25) is 0 Å². The van der Waals surface area contributed by atoms with E-state index in [2.05, 4.69) is 43.3 Å². The van der Waals surface area contributed by atoms with Gasteiger partial charge in [-0.05, 0) is 34.4 Å². The molecule has 1 aliphatic carbocycles. The topological polar surface area (TPSA) is 26.0 Å². The van der Waals surface area contributed by atoms with Gasteiger partial charge >= 0.3 is 0 Å². The molecule has 1 aliphatic rings. The number of nitrogen functional groups attached to an aromatic ring is 1. The van der Waals surface area contributed by atoms with Crippen molar-refractivity contribution >= 4 is 5.69 Å². The Bertz CT molecular complexity index is 529. The maximum Gasteiger partial charge on any atom is 0.0317 e. The third-order valence-electron chi connectivity index (χ3n) is 3.26. The minimum Gasteiger partial charge on any atom is -0.399 e. The number of fused-ring (bicyclic) bond motifs is 3. The molecule has 2 aromatic rings. The zero-order chi connectivity index (χ0) is 10.4. The van der Waals surface area contributed by atoms with Gasteiger partial charge in [-0.1, -0.05) is 37.3 Å². The molecule has 2 aromatic carbocycles. The van der Waals surface area contributed by atoms with Crippen LogP contribution in [0.1, 0.15) is 24.0 Å². The van der Waals surface area contributed by atoms with Crippen molar-refractivity contribution in [1.29, 1.82) is 0 Å². The molecule has 0 heterocycles. The third-order valence-corrected chi connectivity index (χ3v) is 3.26. The summed E-state index contributed by atoms with van der Waals surface area (Å²) in [5.74, 6) is 0.472. The van der Waals surface area contributed by atoms with Crippen LogP contribution >= 0.6 is 0 Å². The number of hydrogen-bond donors (Lipinski definition) is 1. The molecule has 1 heteroatoms. The zero-order valence-electron chi connectivity index (χ0n) is 8.70. The average molecular weight is 195 g/mol. The van der Waals surface area contributed by atoms with E-state index in [1.165, 1.54) is 22.3 Å². The SMILES string of the molecule is CC1c2ccccc2-c2ccc(N)cc21. The predicted octanol–water partition coefficient (Wildman–Crippen LogP) is 3.40. The highest BCUT2D eigenvalue weighted by Crippen LogP contribution is 2.44. The Morgan fingerprint density at radius 3 is 2.53 bits per heavy atom. The van der Waals surface area contributed by atoms with Crippen LogP contribution < -0.4 is 5.73 Å². The van der Waals surface area contributed by atoms with Crippen LogP contribution in [-0.2, 0) is 0 Å². The van der Waals surface area contributed by atoms with Crippen LogP contribution in [0.5, 0.6) is 0 Å². The summed E-state index contributed by atoms with van der Waals surface area (Å²) in [5.41, 5.74) is 12.2. The summed E-state index contributed by atoms with van der Waals surface area (Å²) >= 11 is 0. The van der Waals surface area contributed by atoms with Crippen LogP contribution in [0, 0.1) is 0 Å². The molecule has 2 N–H and O–H groups in total. The molecule has 0 saturated heterocycles. The van der Waals surface area contributed by atoms with Crippen LogP contribution in [0.25, 0.3) is 11.1 Å². The van der Waals surface area contributed by atoms with Crippen LogP contribution in [-0.4, -0.2) is 0 Å². The summed E-state index contributed by atoms with van der Waals surface area (Å²) in [6.07, 6.45) is 0. The molecule has 0 aromatic heterocycles. The fraction of sp³-hybridized carbons (Fsp3) is 0.143. The van der Waals surface area contributed by atoms with Crippen LogP contribution in [0.3, 0.4) is 0 Å². The maximum absolute atomic E-state index is 5.83. The lowest BCUT2D eigenvalue weighted by Gasteiger charge is -2.06. The van der Waals surface area contributed by atoms with Gasteiger partial charge in [0, 0.05) is 11.6 Å².